The summed E-state index contributed by atoms with van der Waals surface area (Å²) in [6.45, 7) is 3.83. The lowest BCUT2D eigenvalue weighted by Gasteiger charge is -2.25. The van der Waals surface area contributed by atoms with Gasteiger partial charge in [-0.3, -0.25) is 4.90 Å². The first kappa shape index (κ1) is 10.5. The number of hydrogen-bond acceptors (Lipinski definition) is 5. The molecule has 1 aliphatic rings. The largest absolute Gasteiger partial charge is 0.478 e. The SMILES string of the molecule is O=C(O)c1cnsc1CN1CCOCC1. The van der Waals surface area contributed by atoms with E-state index in [0.29, 0.717) is 12.1 Å². The second-order valence-electron chi connectivity index (χ2n) is 3.36. The van der Waals surface area contributed by atoms with Crippen molar-refractivity contribution in [2.45, 2.75) is 6.54 Å². The van der Waals surface area contributed by atoms with Crippen LogP contribution >= 0.6 is 11.5 Å². The lowest BCUT2D eigenvalue weighted by atomic mass is 10.2. The van der Waals surface area contributed by atoms with Crippen LogP contribution in [0.4, 0.5) is 0 Å². The van der Waals surface area contributed by atoms with Gasteiger partial charge in [-0.1, -0.05) is 0 Å². The lowest BCUT2D eigenvalue weighted by Crippen LogP contribution is -2.35. The average Bonchev–Trinajstić information content (AvgIpc) is 2.67. The third kappa shape index (κ3) is 2.53. The van der Waals surface area contributed by atoms with E-state index in [9.17, 15) is 4.79 Å². The van der Waals surface area contributed by atoms with Gasteiger partial charge < -0.3 is 9.84 Å². The second kappa shape index (κ2) is 4.69. The van der Waals surface area contributed by atoms with Gasteiger partial charge in [0.05, 0.1) is 29.9 Å². The maximum absolute atomic E-state index is 10.8. The molecule has 2 rings (SSSR count). The number of hydrogen-bond donors (Lipinski definition) is 1. The highest BCUT2D eigenvalue weighted by Crippen LogP contribution is 2.16. The topological polar surface area (TPSA) is 62.7 Å². The number of aromatic nitrogens is 1. The highest BCUT2D eigenvalue weighted by molar-refractivity contribution is 7.06. The predicted molar refractivity (Wildman–Crippen MR) is 55.2 cm³/mol. The number of carboxylic acids is 1. The van der Waals surface area contributed by atoms with E-state index in [-0.39, 0.29) is 0 Å². The van der Waals surface area contributed by atoms with E-state index in [2.05, 4.69) is 9.27 Å². The van der Waals surface area contributed by atoms with Gasteiger partial charge in [0.25, 0.3) is 0 Å². The van der Waals surface area contributed by atoms with E-state index in [4.69, 9.17) is 9.84 Å². The molecule has 0 saturated carbocycles. The van der Waals surface area contributed by atoms with Gasteiger partial charge in [-0.15, -0.1) is 0 Å². The minimum absolute atomic E-state index is 0.325. The molecule has 0 atom stereocenters. The van der Waals surface area contributed by atoms with Crippen LogP contribution in [0, 0.1) is 0 Å². The summed E-state index contributed by atoms with van der Waals surface area (Å²) in [5, 5.41) is 8.91. The average molecular weight is 228 g/mol. The fourth-order valence-corrected chi connectivity index (χ4v) is 2.28. The Balaban J connectivity index is 2.03. The minimum Gasteiger partial charge on any atom is -0.478 e. The van der Waals surface area contributed by atoms with Crippen molar-refractivity contribution in [1.82, 2.24) is 9.27 Å². The van der Waals surface area contributed by atoms with Crippen molar-refractivity contribution in [3.63, 3.8) is 0 Å². The van der Waals surface area contributed by atoms with Gasteiger partial charge >= 0.3 is 5.97 Å². The summed E-state index contributed by atoms with van der Waals surface area (Å²) in [6, 6.07) is 0. The van der Waals surface area contributed by atoms with Gasteiger partial charge in [-0.25, -0.2) is 4.79 Å². The Morgan fingerprint density at radius 2 is 2.33 bits per heavy atom. The van der Waals surface area contributed by atoms with Crippen LogP contribution in [0.25, 0.3) is 0 Å². The molecule has 1 N–H and O–H groups in total. The molecule has 0 aliphatic carbocycles. The first-order valence-electron chi connectivity index (χ1n) is 4.74. The smallest absolute Gasteiger partial charge is 0.338 e. The van der Waals surface area contributed by atoms with Crippen LogP contribution in [-0.4, -0.2) is 46.7 Å². The van der Waals surface area contributed by atoms with Gasteiger partial charge in [0.2, 0.25) is 0 Å². The van der Waals surface area contributed by atoms with Crippen molar-refractivity contribution in [3.8, 4) is 0 Å². The maximum atomic E-state index is 10.8. The van der Waals surface area contributed by atoms with Crippen molar-refractivity contribution in [2.24, 2.45) is 0 Å². The van der Waals surface area contributed by atoms with Gasteiger partial charge in [0.1, 0.15) is 0 Å². The van der Waals surface area contributed by atoms with Crippen LogP contribution in [0.1, 0.15) is 15.2 Å². The molecule has 82 valence electrons. The van der Waals surface area contributed by atoms with Crippen LogP contribution in [0.2, 0.25) is 0 Å². The van der Waals surface area contributed by atoms with E-state index in [0.717, 1.165) is 31.2 Å². The Bertz CT molecular complexity index is 347. The molecule has 6 heteroatoms. The number of carbonyl (C=O) groups is 1. The number of aromatic carboxylic acids is 1. The van der Waals surface area contributed by atoms with Crippen LogP contribution < -0.4 is 0 Å². The van der Waals surface area contributed by atoms with Crippen LogP contribution in [-0.2, 0) is 11.3 Å². The summed E-state index contributed by atoms with van der Waals surface area (Å²) in [4.78, 5) is 13.9. The van der Waals surface area contributed by atoms with E-state index < -0.39 is 5.97 Å². The molecule has 0 unspecified atom stereocenters. The molecule has 0 bridgehead atoms. The van der Waals surface area contributed by atoms with Crippen molar-refractivity contribution in [1.29, 1.82) is 0 Å². The van der Waals surface area contributed by atoms with Gasteiger partial charge in [0, 0.05) is 19.6 Å². The maximum Gasteiger partial charge on any atom is 0.338 e. The fraction of sp³-hybridized carbons (Fsp3) is 0.556. The van der Waals surface area contributed by atoms with Crippen molar-refractivity contribution in [3.05, 3.63) is 16.6 Å². The Morgan fingerprint density at radius 3 is 3.00 bits per heavy atom. The molecular weight excluding hydrogens is 216 g/mol. The highest BCUT2D eigenvalue weighted by atomic mass is 32.1. The molecule has 0 radical (unpaired) electrons. The molecule has 1 aliphatic heterocycles. The van der Waals surface area contributed by atoms with Gasteiger partial charge in [-0.2, -0.15) is 4.37 Å². The quantitative estimate of drug-likeness (QED) is 0.824. The summed E-state index contributed by atoms with van der Waals surface area (Å²) in [6.07, 6.45) is 1.42. The molecule has 0 amide bonds. The first-order valence-corrected chi connectivity index (χ1v) is 5.51. The van der Waals surface area contributed by atoms with E-state index >= 15 is 0 Å². The van der Waals surface area contributed by atoms with Gasteiger partial charge in [0.15, 0.2) is 0 Å². The summed E-state index contributed by atoms with van der Waals surface area (Å²) < 4.78 is 9.14. The zero-order valence-electron chi connectivity index (χ0n) is 8.18. The molecule has 5 nitrogen and oxygen atoms in total. The third-order valence-corrected chi connectivity index (χ3v) is 3.13. The molecule has 2 heterocycles. The number of ether oxygens (including phenoxy) is 1. The highest BCUT2D eigenvalue weighted by Gasteiger charge is 2.17. The molecule has 0 spiro atoms. The minimum atomic E-state index is -0.896. The third-order valence-electron chi connectivity index (χ3n) is 2.35. The number of nitrogens with zero attached hydrogens (tertiary/aromatic N) is 2. The normalized spacial score (nSPS) is 17.9. The standard InChI is InChI=1S/C9H12N2O3S/c12-9(13)7-5-10-15-8(7)6-11-1-3-14-4-2-11/h5H,1-4,6H2,(H,12,13). The Hall–Kier alpha value is -0.980. The number of rotatable bonds is 3. The van der Waals surface area contributed by atoms with Crippen molar-refractivity contribution >= 4 is 17.5 Å². The van der Waals surface area contributed by atoms with E-state index in [1.165, 1.54) is 17.7 Å². The number of morpholine rings is 1. The van der Waals surface area contributed by atoms with Crippen LogP contribution in [0.5, 0.6) is 0 Å². The Labute approximate surface area is 91.4 Å². The second-order valence-corrected chi connectivity index (χ2v) is 4.24. The summed E-state index contributed by atoms with van der Waals surface area (Å²) in [7, 11) is 0. The van der Waals surface area contributed by atoms with E-state index in [1.807, 2.05) is 0 Å². The monoisotopic (exact) mass is 228 g/mol. The van der Waals surface area contributed by atoms with Gasteiger partial charge in [-0.05, 0) is 11.5 Å². The molecule has 1 saturated heterocycles. The molecule has 15 heavy (non-hydrogen) atoms. The van der Waals surface area contributed by atoms with Crippen LogP contribution in [0.15, 0.2) is 6.20 Å². The lowest BCUT2D eigenvalue weighted by molar-refractivity contribution is 0.0344. The summed E-state index contributed by atoms with van der Waals surface area (Å²) in [5.41, 5.74) is 0.325. The zero-order chi connectivity index (χ0) is 10.7. The number of carboxylic acid groups (broad SMARTS) is 1. The Kier molecular flexibility index (Phi) is 3.30. The molecule has 0 aromatic carbocycles. The molecule has 1 aromatic rings. The van der Waals surface area contributed by atoms with Crippen molar-refractivity contribution in [2.75, 3.05) is 26.3 Å². The summed E-state index contributed by atoms with van der Waals surface area (Å²) >= 11 is 1.26. The van der Waals surface area contributed by atoms with E-state index in [1.54, 1.807) is 0 Å². The fourth-order valence-electron chi connectivity index (χ4n) is 1.51. The van der Waals surface area contributed by atoms with Crippen LogP contribution in [0.3, 0.4) is 0 Å². The predicted octanol–water partition coefficient (Wildman–Crippen LogP) is 0.673. The zero-order valence-corrected chi connectivity index (χ0v) is 9.00. The molecule has 1 aromatic heterocycles. The van der Waals surface area contributed by atoms with Crippen molar-refractivity contribution < 1.29 is 14.6 Å². The molecule has 1 fully saturated rings. The first-order chi connectivity index (χ1) is 7.27. The summed E-state index contributed by atoms with van der Waals surface area (Å²) in [5.74, 6) is -0.896. The Morgan fingerprint density at radius 1 is 1.60 bits per heavy atom. The molecular formula is C9H12N2O3S.